The summed E-state index contributed by atoms with van der Waals surface area (Å²) in [7, 11) is 2.76. The summed E-state index contributed by atoms with van der Waals surface area (Å²) < 4.78 is 15.3. The minimum absolute atomic E-state index is 0.137. The predicted molar refractivity (Wildman–Crippen MR) is 99.7 cm³/mol. The lowest BCUT2D eigenvalue weighted by molar-refractivity contribution is -0.156. The number of ether oxygens (including phenoxy) is 3. The maximum atomic E-state index is 12.5. The molecular formula is C18H21NO7S. The Hall–Kier alpha value is -2.68. The summed E-state index contributed by atoms with van der Waals surface area (Å²) in [5.74, 6) is -1.11. The summed E-state index contributed by atoms with van der Waals surface area (Å²) in [6.07, 6.45) is 1.46. The molecule has 0 bridgehead atoms. The van der Waals surface area contributed by atoms with Crippen LogP contribution in [-0.4, -0.2) is 53.5 Å². The van der Waals surface area contributed by atoms with E-state index in [1.54, 1.807) is 20.8 Å². The number of hydrogen-bond acceptors (Lipinski definition) is 8. The second kappa shape index (κ2) is 7.91. The van der Waals surface area contributed by atoms with E-state index < -0.39 is 29.3 Å². The second-order valence-electron chi connectivity index (χ2n) is 6.63. The van der Waals surface area contributed by atoms with E-state index in [1.807, 2.05) is 0 Å². The molecule has 1 aromatic rings. The van der Waals surface area contributed by atoms with Gasteiger partial charge in [-0.25, -0.2) is 0 Å². The molecule has 1 fully saturated rings. The number of phenolic OH excluding ortho intramolecular Hbond substituents is 1. The van der Waals surface area contributed by atoms with E-state index >= 15 is 0 Å². The summed E-state index contributed by atoms with van der Waals surface area (Å²) in [5.41, 5.74) is -0.224. The van der Waals surface area contributed by atoms with Gasteiger partial charge in [0.15, 0.2) is 11.5 Å². The largest absolute Gasteiger partial charge is 0.502 e. The number of hydrogen-bond donors (Lipinski definition) is 1. The van der Waals surface area contributed by atoms with Gasteiger partial charge in [-0.05, 0) is 56.3 Å². The molecule has 0 unspecified atom stereocenters. The molecule has 1 aromatic carbocycles. The Bertz CT molecular complexity index is 785. The fourth-order valence-electron chi connectivity index (χ4n) is 2.29. The fourth-order valence-corrected chi connectivity index (χ4v) is 3.13. The van der Waals surface area contributed by atoms with Gasteiger partial charge in [0.1, 0.15) is 12.1 Å². The third-order valence-corrected chi connectivity index (χ3v) is 4.29. The summed E-state index contributed by atoms with van der Waals surface area (Å²) in [4.78, 5) is 37.5. The Labute approximate surface area is 161 Å². The molecule has 2 rings (SSSR count). The molecule has 1 N–H and O–H groups in total. The van der Waals surface area contributed by atoms with Crippen LogP contribution in [-0.2, 0) is 14.3 Å². The number of imide groups is 1. The number of phenols is 1. The second-order valence-corrected chi connectivity index (χ2v) is 7.62. The average molecular weight is 395 g/mol. The van der Waals surface area contributed by atoms with E-state index in [0.717, 1.165) is 4.90 Å². The molecule has 1 heterocycles. The molecular weight excluding hydrogens is 374 g/mol. The van der Waals surface area contributed by atoms with Crippen molar-refractivity contribution in [2.24, 2.45) is 0 Å². The van der Waals surface area contributed by atoms with Crippen LogP contribution in [0.4, 0.5) is 4.79 Å². The zero-order valence-electron chi connectivity index (χ0n) is 15.7. The normalized spacial score (nSPS) is 16.0. The average Bonchev–Trinajstić information content (AvgIpc) is 2.82. The highest BCUT2D eigenvalue weighted by Gasteiger charge is 2.37. The van der Waals surface area contributed by atoms with Crippen molar-refractivity contribution in [1.29, 1.82) is 0 Å². The number of nitrogens with zero attached hydrogens (tertiary/aromatic N) is 1. The number of esters is 1. The molecule has 0 radical (unpaired) electrons. The molecule has 8 nitrogen and oxygen atoms in total. The van der Waals surface area contributed by atoms with Crippen molar-refractivity contribution in [2.75, 3.05) is 20.8 Å². The number of methoxy groups -OCH3 is 2. The first kappa shape index (κ1) is 20.6. The standard InChI is InChI=1S/C18H21NO7S/c1-18(2,3)26-14(20)9-19-16(22)13(27-17(19)23)8-10-6-11(24-4)15(21)12(7-10)25-5/h6-8,21H,9H2,1-5H3/b13-8+. The van der Waals surface area contributed by atoms with Crippen LogP contribution in [0.25, 0.3) is 6.08 Å². The minimum Gasteiger partial charge on any atom is -0.502 e. The molecule has 0 spiro atoms. The summed E-state index contributed by atoms with van der Waals surface area (Å²) >= 11 is 0.714. The third kappa shape index (κ3) is 4.94. The molecule has 2 amide bonds. The molecule has 0 aliphatic carbocycles. The molecule has 146 valence electrons. The molecule has 1 aliphatic heterocycles. The molecule has 1 aliphatic rings. The van der Waals surface area contributed by atoms with Crippen molar-refractivity contribution < 1.29 is 33.7 Å². The third-order valence-electron chi connectivity index (χ3n) is 3.38. The van der Waals surface area contributed by atoms with Gasteiger partial charge in [-0.2, -0.15) is 0 Å². The van der Waals surface area contributed by atoms with Crippen molar-refractivity contribution in [3.63, 3.8) is 0 Å². The number of amides is 2. The molecule has 0 aromatic heterocycles. The summed E-state index contributed by atoms with van der Waals surface area (Å²) in [5, 5.41) is 9.39. The number of rotatable bonds is 5. The van der Waals surface area contributed by atoms with E-state index in [1.165, 1.54) is 32.4 Å². The highest BCUT2D eigenvalue weighted by molar-refractivity contribution is 8.18. The maximum Gasteiger partial charge on any atom is 0.326 e. The Kier molecular flexibility index (Phi) is 6.04. The van der Waals surface area contributed by atoms with Crippen LogP contribution < -0.4 is 9.47 Å². The molecule has 0 atom stereocenters. The first-order valence-corrected chi connectivity index (χ1v) is 8.79. The van der Waals surface area contributed by atoms with Gasteiger partial charge < -0.3 is 19.3 Å². The van der Waals surface area contributed by atoms with Gasteiger partial charge in [0.25, 0.3) is 11.1 Å². The number of benzene rings is 1. The van der Waals surface area contributed by atoms with Gasteiger partial charge in [-0.15, -0.1) is 0 Å². The van der Waals surface area contributed by atoms with Gasteiger partial charge in [-0.3, -0.25) is 19.3 Å². The van der Waals surface area contributed by atoms with Crippen LogP contribution >= 0.6 is 11.8 Å². The van der Waals surface area contributed by atoms with Crippen molar-refractivity contribution in [3.05, 3.63) is 22.6 Å². The quantitative estimate of drug-likeness (QED) is 0.600. The number of thioether (sulfide) groups is 1. The molecule has 0 saturated carbocycles. The van der Waals surface area contributed by atoms with Gasteiger partial charge in [-0.1, -0.05) is 0 Å². The Balaban J connectivity index is 2.25. The van der Waals surface area contributed by atoms with Crippen LogP contribution in [0.15, 0.2) is 17.0 Å². The Morgan fingerprint density at radius 3 is 2.22 bits per heavy atom. The summed E-state index contributed by atoms with van der Waals surface area (Å²) in [6.45, 7) is 4.64. The van der Waals surface area contributed by atoms with Gasteiger partial charge in [0.05, 0.1) is 19.1 Å². The topological polar surface area (TPSA) is 102 Å². The fraction of sp³-hybridized carbons (Fsp3) is 0.389. The highest BCUT2D eigenvalue weighted by atomic mass is 32.2. The lowest BCUT2D eigenvalue weighted by Crippen LogP contribution is -2.37. The predicted octanol–water partition coefficient (Wildman–Crippen LogP) is 2.79. The van der Waals surface area contributed by atoms with E-state index in [0.29, 0.717) is 17.3 Å². The number of aromatic hydroxyl groups is 1. The highest BCUT2D eigenvalue weighted by Crippen LogP contribution is 2.39. The van der Waals surface area contributed by atoms with E-state index in [4.69, 9.17) is 14.2 Å². The number of carbonyl (C=O) groups is 3. The lowest BCUT2D eigenvalue weighted by atomic mass is 10.1. The van der Waals surface area contributed by atoms with Crippen LogP contribution in [0.2, 0.25) is 0 Å². The van der Waals surface area contributed by atoms with Gasteiger partial charge in [0, 0.05) is 0 Å². The summed E-state index contributed by atoms with van der Waals surface area (Å²) in [6, 6.07) is 3.00. The number of carbonyl (C=O) groups excluding carboxylic acids is 3. The van der Waals surface area contributed by atoms with E-state index in [9.17, 15) is 19.5 Å². The molecule has 9 heteroatoms. The van der Waals surface area contributed by atoms with E-state index in [-0.39, 0.29) is 22.2 Å². The van der Waals surface area contributed by atoms with Crippen LogP contribution in [0.1, 0.15) is 26.3 Å². The van der Waals surface area contributed by atoms with Crippen molar-refractivity contribution in [1.82, 2.24) is 4.90 Å². The zero-order valence-corrected chi connectivity index (χ0v) is 16.5. The Morgan fingerprint density at radius 2 is 1.74 bits per heavy atom. The first-order valence-electron chi connectivity index (χ1n) is 7.98. The van der Waals surface area contributed by atoms with Crippen LogP contribution in [0.5, 0.6) is 17.2 Å². The van der Waals surface area contributed by atoms with Gasteiger partial charge >= 0.3 is 5.97 Å². The molecule has 1 saturated heterocycles. The van der Waals surface area contributed by atoms with E-state index in [2.05, 4.69) is 0 Å². The Morgan fingerprint density at radius 1 is 1.19 bits per heavy atom. The SMILES string of the molecule is COc1cc(/C=C2/SC(=O)N(CC(=O)OC(C)(C)C)C2=O)cc(OC)c1O. The lowest BCUT2D eigenvalue weighted by Gasteiger charge is -2.21. The van der Waals surface area contributed by atoms with Crippen molar-refractivity contribution >= 4 is 35.0 Å². The van der Waals surface area contributed by atoms with Crippen LogP contribution in [0, 0.1) is 0 Å². The smallest absolute Gasteiger partial charge is 0.326 e. The molecule has 27 heavy (non-hydrogen) atoms. The van der Waals surface area contributed by atoms with Gasteiger partial charge in [0.2, 0.25) is 5.75 Å². The monoisotopic (exact) mass is 395 g/mol. The maximum absolute atomic E-state index is 12.5. The zero-order chi connectivity index (χ0) is 20.4. The van der Waals surface area contributed by atoms with Crippen molar-refractivity contribution in [3.8, 4) is 17.2 Å². The van der Waals surface area contributed by atoms with Crippen LogP contribution in [0.3, 0.4) is 0 Å². The van der Waals surface area contributed by atoms with Crippen molar-refractivity contribution in [2.45, 2.75) is 26.4 Å². The first-order chi connectivity index (χ1) is 12.6. The minimum atomic E-state index is -0.714.